The molecule has 0 amide bonds. The third-order valence-electron chi connectivity index (χ3n) is 4.18. The summed E-state index contributed by atoms with van der Waals surface area (Å²) in [5, 5.41) is 0. The quantitative estimate of drug-likeness (QED) is 0.658. The van der Waals surface area contributed by atoms with Gasteiger partial charge >= 0.3 is 0 Å². The predicted molar refractivity (Wildman–Crippen MR) is 70.7 cm³/mol. The molecule has 2 rings (SSSR count). The smallest absolute Gasteiger partial charge is 0.0131 e. The van der Waals surface area contributed by atoms with E-state index in [2.05, 4.69) is 45.0 Å². The van der Waals surface area contributed by atoms with E-state index in [-0.39, 0.29) is 0 Å². The molecule has 0 heterocycles. The summed E-state index contributed by atoms with van der Waals surface area (Å²) in [5.41, 5.74) is 2.95. The molecule has 1 aromatic carbocycles. The SMILES string of the molecule is Cc1ccc([C@@H]2CCCCC2C(C)C)cc1. The van der Waals surface area contributed by atoms with Crippen molar-refractivity contribution in [3.8, 4) is 0 Å². The van der Waals surface area contributed by atoms with Gasteiger partial charge in [-0.1, -0.05) is 56.5 Å². The standard InChI is InChI=1S/C16H24/c1-12(2)15-6-4-5-7-16(15)14-10-8-13(3)9-11-14/h8-12,15-16H,4-7H2,1-3H3/t15?,16-/m0/s1. The van der Waals surface area contributed by atoms with Crippen LogP contribution < -0.4 is 0 Å². The van der Waals surface area contributed by atoms with E-state index in [0.717, 1.165) is 17.8 Å². The van der Waals surface area contributed by atoms with Crippen molar-refractivity contribution < 1.29 is 0 Å². The Bertz CT molecular complexity index is 320. The molecule has 2 atom stereocenters. The summed E-state index contributed by atoms with van der Waals surface area (Å²) in [6.07, 6.45) is 5.68. The van der Waals surface area contributed by atoms with Crippen molar-refractivity contribution in [2.45, 2.75) is 52.4 Å². The van der Waals surface area contributed by atoms with E-state index < -0.39 is 0 Å². The first-order valence-electron chi connectivity index (χ1n) is 6.75. The van der Waals surface area contributed by atoms with Gasteiger partial charge in [0, 0.05) is 0 Å². The molecule has 0 saturated heterocycles. The van der Waals surface area contributed by atoms with Crippen molar-refractivity contribution in [2.75, 3.05) is 0 Å². The maximum Gasteiger partial charge on any atom is -0.0131 e. The molecule has 88 valence electrons. The maximum atomic E-state index is 2.39. The molecule has 1 aliphatic rings. The average molecular weight is 216 g/mol. The number of hydrogen-bond acceptors (Lipinski definition) is 0. The lowest BCUT2D eigenvalue weighted by atomic mass is 9.70. The molecule has 16 heavy (non-hydrogen) atoms. The van der Waals surface area contributed by atoms with Crippen molar-refractivity contribution >= 4 is 0 Å². The zero-order valence-electron chi connectivity index (χ0n) is 10.9. The molecule has 1 saturated carbocycles. The summed E-state index contributed by atoms with van der Waals surface area (Å²) >= 11 is 0. The van der Waals surface area contributed by atoms with E-state index in [1.54, 1.807) is 5.56 Å². The largest absolute Gasteiger partial charge is 0.0625 e. The third-order valence-corrected chi connectivity index (χ3v) is 4.18. The molecule has 1 aliphatic carbocycles. The van der Waals surface area contributed by atoms with E-state index in [4.69, 9.17) is 0 Å². The molecule has 0 N–H and O–H groups in total. The van der Waals surface area contributed by atoms with E-state index in [9.17, 15) is 0 Å². The minimum atomic E-state index is 0.814. The molecule has 0 heteroatoms. The molecule has 0 bridgehead atoms. The number of benzene rings is 1. The first-order valence-corrected chi connectivity index (χ1v) is 6.75. The van der Waals surface area contributed by atoms with Gasteiger partial charge in [0.2, 0.25) is 0 Å². The Morgan fingerprint density at radius 2 is 1.62 bits per heavy atom. The number of aryl methyl sites for hydroxylation is 1. The molecule has 0 nitrogen and oxygen atoms in total. The van der Waals surface area contributed by atoms with Crippen LogP contribution in [0.4, 0.5) is 0 Å². The number of rotatable bonds is 2. The topological polar surface area (TPSA) is 0 Å². The van der Waals surface area contributed by atoms with Crippen molar-refractivity contribution in [1.29, 1.82) is 0 Å². The Balaban J connectivity index is 2.19. The lowest BCUT2D eigenvalue weighted by Crippen LogP contribution is -2.22. The Morgan fingerprint density at radius 3 is 2.25 bits per heavy atom. The fourth-order valence-corrected chi connectivity index (χ4v) is 3.19. The van der Waals surface area contributed by atoms with Crippen LogP contribution in [0.25, 0.3) is 0 Å². The Hall–Kier alpha value is -0.780. The van der Waals surface area contributed by atoms with Crippen LogP contribution in [0.15, 0.2) is 24.3 Å². The van der Waals surface area contributed by atoms with Crippen LogP contribution >= 0.6 is 0 Å². The van der Waals surface area contributed by atoms with Crippen LogP contribution in [-0.4, -0.2) is 0 Å². The van der Waals surface area contributed by atoms with Gasteiger partial charge in [0.05, 0.1) is 0 Å². The minimum absolute atomic E-state index is 0.814. The summed E-state index contributed by atoms with van der Waals surface area (Å²) in [4.78, 5) is 0. The highest BCUT2D eigenvalue weighted by atomic mass is 14.3. The summed E-state index contributed by atoms with van der Waals surface area (Å²) in [6, 6.07) is 9.23. The first-order chi connectivity index (χ1) is 7.68. The second-order valence-electron chi connectivity index (χ2n) is 5.71. The van der Waals surface area contributed by atoms with Crippen LogP contribution in [0, 0.1) is 18.8 Å². The van der Waals surface area contributed by atoms with E-state index in [1.165, 1.54) is 31.2 Å². The summed E-state index contributed by atoms with van der Waals surface area (Å²) in [5.74, 6) is 2.54. The van der Waals surface area contributed by atoms with Crippen molar-refractivity contribution in [3.05, 3.63) is 35.4 Å². The molecule has 1 aromatic rings. The zero-order chi connectivity index (χ0) is 11.5. The van der Waals surface area contributed by atoms with Crippen LogP contribution in [0.5, 0.6) is 0 Å². The van der Waals surface area contributed by atoms with Gasteiger partial charge in [-0.15, -0.1) is 0 Å². The molecule has 1 fully saturated rings. The molecule has 0 aromatic heterocycles. The highest BCUT2D eigenvalue weighted by Crippen LogP contribution is 2.41. The van der Waals surface area contributed by atoms with Crippen molar-refractivity contribution in [1.82, 2.24) is 0 Å². The fraction of sp³-hybridized carbons (Fsp3) is 0.625. The van der Waals surface area contributed by atoms with Crippen molar-refractivity contribution in [3.63, 3.8) is 0 Å². The van der Waals surface area contributed by atoms with E-state index in [1.807, 2.05) is 0 Å². The van der Waals surface area contributed by atoms with Gasteiger partial charge in [0.1, 0.15) is 0 Å². The second kappa shape index (κ2) is 5.03. The van der Waals surface area contributed by atoms with Crippen LogP contribution in [-0.2, 0) is 0 Å². The molecular formula is C16H24. The summed E-state index contributed by atoms with van der Waals surface area (Å²) in [6.45, 7) is 6.94. The average Bonchev–Trinajstić information content (AvgIpc) is 2.30. The normalized spacial score (nSPS) is 26.0. The van der Waals surface area contributed by atoms with Crippen LogP contribution in [0.3, 0.4) is 0 Å². The van der Waals surface area contributed by atoms with Crippen molar-refractivity contribution in [2.24, 2.45) is 11.8 Å². The Labute approximate surface area is 100 Å². The lowest BCUT2D eigenvalue weighted by Gasteiger charge is -2.34. The lowest BCUT2D eigenvalue weighted by molar-refractivity contribution is 0.238. The van der Waals surface area contributed by atoms with E-state index in [0.29, 0.717) is 0 Å². The second-order valence-corrected chi connectivity index (χ2v) is 5.71. The van der Waals surface area contributed by atoms with Crippen LogP contribution in [0.1, 0.15) is 56.6 Å². The highest BCUT2D eigenvalue weighted by Gasteiger charge is 2.28. The van der Waals surface area contributed by atoms with E-state index >= 15 is 0 Å². The van der Waals surface area contributed by atoms with Gasteiger partial charge in [0.15, 0.2) is 0 Å². The third kappa shape index (κ3) is 2.48. The Morgan fingerprint density at radius 1 is 1.00 bits per heavy atom. The Kier molecular flexibility index (Phi) is 3.68. The molecule has 1 unspecified atom stereocenters. The zero-order valence-corrected chi connectivity index (χ0v) is 10.9. The monoisotopic (exact) mass is 216 g/mol. The fourth-order valence-electron chi connectivity index (χ4n) is 3.19. The molecular weight excluding hydrogens is 192 g/mol. The van der Waals surface area contributed by atoms with Crippen LogP contribution in [0.2, 0.25) is 0 Å². The minimum Gasteiger partial charge on any atom is -0.0625 e. The van der Waals surface area contributed by atoms with Gasteiger partial charge in [-0.3, -0.25) is 0 Å². The maximum absolute atomic E-state index is 2.39. The predicted octanol–water partition coefficient (Wildman–Crippen LogP) is 4.92. The van der Waals surface area contributed by atoms with Gasteiger partial charge in [-0.05, 0) is 43.1 Å². The summed E-state index contributed by atoms with van der Waals surface area (Å²) in [7, 11) is 0. The molecule has 0 spiro atoms. The van der Waals surface area contributed by atoms with Gasteiger partial charge in [-0.25, -0.2) is 0 Å². The first kappa shape index (κ1) is 11.7. The van der Waals surface area contributed by atoms with Gasteiger partial charge < -0.3 is 0 Å². The van der Waals surface area contributed by atoms with Gasteiger partial charge in [-0.2, -0.15) is 0 Å². The highest BCUT2D eigenvalue weighted by molar-refractivity contribution is 5.25. The van der Waals surface area contributed by atoms with Gasteiger partial charge in [0.25, 0.3) is 0 Å². The molecule has 0 radical (unpaired) electrons. The molecule has 0 aliphatic heterocycles. The summed E-state index contributed by atoms with van der Waals surface area (Å²) < 4.78 is 0. The number of hydrogen-bond donors (Lipinski definition) is 0.